The topological polar surface area (TPSA) is 128 Å². The quantitative estimate of drug-likeness (QED) is 0.331. The highest BCUT2D eigenvalue weighted by atomic mass is 35.5. The second-order valence-electron chi connectivity index (χ2n) is 8.87. The van der Waals surface area contributed by atoms with E-state index in [0.717, 1.165) is 5.56 Å². The SMILES string of the molecule is Cc1cc(OCC2CN(S(=O)(=O)c3c(C(N)=O)[nH]c4ccc(Cl)cc34)CCO2)ccc1-c1cccnc1F. The minimum atomic E-state index is -4.14. The molecule has 1 aliphatic heterocycles. The molecule has 198 valence electrons. The number of aromatic amines is 1. The molecular weight excluding hydrogens is 535 g/mol. The second kappa shape index (κ2) is 10.3. The number of rotatable bonds is 7. The molecule has 0 spiro atoms. The first kappa shape index (κ1) is 26.1. The Balaban J connectivity index is 1.34. The molecule has 1 atom stereocenters. The minimum absolute atomic E-state index is 0.00569. The Morgan fingerprint density at radius 1 is 1.26 bits per heavy atom. The lowest BCUT2D eigenvalue weighted by atomic mass is 10.0. The van der Waals surface area contributed by atoms with Crippen molar-refractivity contribution >= 4 is 38.4 Å². The number of nitrogens with two attached hydrogens (primary N) is 1. The Labute approximate surface area is 223 Å². The zero-order valence-electron chi connectivity index (χ0n) is 20.3. The van der Waals surface area contributed by atoms with Crippen molar-refractivity contribution in [3.05, 3.63) is 77.0 Å². The summed E-state index contributed by atoms with van der Waals surface area (Å²) in [6, 6.07) is 13.2. The number of benzene rings is 2. The summed E-state index contributed by atoms with van der Waals surface area (Å²) in [6.07, 6.45) is 0.821. The van der Waals surface area contributed by atoms with Crippen LogP contribution in [0.15, 0.2) is 59.6 Å². The standard InChI is InChI=1S/C26H24ClFN4O5S/c1-15-11-17(5-6-19(15)20-3-2-8-30-25(20)28)37-14-18-13-32(9-10-36-18)38(34,35)24-21-12-16(27)4-7-22(21)31-23(24)26(29)33/h2-8,11-12,18,31H,9-10,13-14H2,1H3,(H2,29,33). The number of hydrogen-bond acceptors (Lipinski definition) is 6. The number of halogens is 2. The van der Waals surface area contributed by atoms with Crippen LogP contribution < -0.4 is 10.5 Å². The van der Waals surface area contributed by atoms with Crippen molar-refractivity contribution < 1.29 is 27.1 Å². The Morgan fingerprint density at radius 3 is 2.82 bits per heavy atom. The van der Waals surface area contributed by atoms with Crippen molar-refractivity contribution in [1.29, 1.82) is 0 Å². The van der Waals surface area contributed by atoms with Crippen LogP contribution >= 0.6 is 11.6 Å². The fraction of sp³-hybridized carbons (Fsp3) is 0.231. The summed E-state index contributed by atoms with van der Waals surface area (Å²) in [5, 5.41) is 0.607. The number of nitrogens with zero attached hydrogens (tertiary/aromatic N) is 2. The number of carbonyl (C=O) groups is 1. The van der Waals surface area contributed by atoms with Crippen LogP contribution in [0.5, 0.6) is 5.75 Å². The number of hydrogen-bond donors (Lipinski definition) is 2. The third kappa shape index (κ3) is 4.97. The monoisotopic (exact) mass is 558 g/mol. The van der Waals surface area contributed by atoms with Gasteiger partial charge < -0.3 is 20.2 Å². The molecule has 0 bridgehead atoms. The van der Waals surface area contributed by atoms with Gasteiger partial charge in [0.15, 0.2) is 0 Å². The highest BCUT2D eigenvalue weighted by Crippen LogP contribution is 2.33. The number of aromatic nitrogens is 2. The average Bonchev–Trinajstić information content (AvgIpc) is 3.28. The van der Waals surface area contributed by atoms with E-state index in [1.807, 2.05) is 6.92 Å². The molecular formula is C26H24ClFN4O5S. The predicted octanol–water partition coefficient (Wildman–Crippen LogP) is 3.90. The fourth-order valence-electron chi connectivity index (χ4n) is 4.53. The van der Waals surface area contributed by atoms with Gasteiger partial charge in [-0.2, -0.15) is 8.70 Å². The van der Waals surface area contributed by atoms with Crippen LogP contribution in [0.3, 0.4) is 0 Å². The van der Waals surface area contributed by atoms with E-state index in [1.165, 1.54) is 16.6 Å². The van der Waals surface area contributed by atoms with E-state index in [-0.39, 0.29) is 42.3 Å². The number of carbonyl (C=O) groups excluding carboxylic acids is 1. The first-order valence-electron chi connectivity index (χ1n) is 11.7. The van der Waals surface area contributed by atoms with Gasteiger partial charge >= 0.3 is 0 Å². The van der Waals surface area contributed by atoms with Crippen molar-refractivity contribution in [2.45, 2.75) is 17.9 Å². The van der Waals surface area contributed by atoms with Crippen LogP contribution in [0.4, 0.5) is 4.39 Å². The van der Waals surface area contributed by atoms with Crippen LogP contribution in [-0.4, -0.2) is 61.0 Å². The zero-order valence-corrected chi connectivity index (χ0v) is 21.9. The summed E-state index contributed by atoms with van der Waals surface area (Å²) in [6.45, 7) is 2.15. The van der Waals surface area contributed by atoms with Crippen molar-refractivity contribution in [3.8, 4) is 16.9 Å². The number of nitrogens with one attached hydrogen (secondary N) is 1. The summed E-state index contributed by atoms with van der Waals surface area (Å²) in [5.41, 5.74) is 7.59. The molecule has 1 amide bonds. The van der Waals surface area contributed by atoms with Gasteiger partial charge in [0.2, 0.25) is 16.0 Å². The molecule has 0 aliphatic carbocycles. The Bertz CT molecular complexity index is 1640. The summed E-state index contributed by atoms with van der Waals surface area (Å²) >= 11 is 6.10. The number of amides is 1. The summed E-state index contributed by atoms with van der Waals surface area (Å²) in [5.74, 6) is -0.923. The highest BCUT2D eigenvalue weighted by molar-refractivity contribution is 7.89. The van der Waals surface area contributed by atoms with Gasteiger partial charge in [-0.1, -0.05) is 17.7 Å². The molecule has 1 unspecified atom stereocenters. The van der Waals surface area contributed by atoms with Crippen LogP contribution in [0.25, 0.3) is 22.0 Å². The Morgan fingerprint density at radius 2 is 2.08 bits per heavy atom. The maximum atomic E-state index is 14.1. The smallest absolute Gasteiger partial charge is 0.266 e. The third-order valence-corrected chi connectivity index (χ3v) is 8.53. The summed E-state index contributed by atoms with van der Waals surface area (Å²) < 4.78 is 54.4. The second-order valence-corrected chi connectivity index (χ2v) is 11.2. The molecule has 4 aromatic rings. The first-order valence-corrected chi connectivity index (χ1v) is 13.5. The number of morpholine rings is 1. The number of H-pyrrole nitrogens is 1. The molecule has 0 saturated carbocycles. The van der Waals surface area contributed by atoms with Gasteiger partial charge in [0.25, 0.3) is 5.91 Å². The lowest BCUT2D eigenvalue weighted by Crippen LogP contribution is -2.47. The van der Waals surface area contributed by atoms with E-state index >= 15 is 0 Å². The Hall–Kier alpha value is -3.51. The number of ether oxygens (including phenoxy) is 2. The van der Waals surface area contributed by atoms with Gasteiger partial charge in [0.1, 0.15) is 29.0 Å². The molecule has 2 aromatic heterocycles. The van der Waals surface area contributed by atoms with E-state index in [2.05, 4.69) is 9.97 Å². The van der Waals surface area contributed by atoms with E-state index < -0.39 is 28.0 Å². The van der Waals surface area contributed by atoms with Crippen molar-refractivity contribution in [2.24, 2.45) is 5.73 Å². The van der Waals surface area contributed by atoms with Gasteiger partial charge in [-0.25, -0.2) is 13.4 Å². The van der Waals surface area contributed by atoms with E-state index in [9.17, 15) is 17.6 Å². The molecule has 3 N–H and O–H groups in total. The minimum Gasteiger partial charge on any atom is -0.491 e. The lowest BCUT2D eigenvalue weighted by Gasteiger charge is -2.32. The first-order chi connectivity index (χ1) is 18.1. The van der Waals surface area contributed by atoms with Gasteiger partial charge in [-0.05, 0) is 60.5 Å². The molecule has 1 saturated heterocycles. The molecule has 1 aliphatic rings. The van der Waals surface area contributed by atoms with Crippen LogP contribution in [0, 0.1) is 12.9 Å². The Kier molecular flexibility index (Phi) is 7.10. The van der Waals surface area contributed by atoms with E-state index in [0.29, 0.717) is 27.4 Å². The number of fused-ring (bicyclic) bond motifs is 1. The molecule has 2 aromatic carbocycles. The average molecular weight is 559 g/mol. The highest BCUT2D eigenvalue weighted by Gasteiger charge is 2.36. The third-order valence-electron chi connectivity index (χ3n) is 6.34. The van der Waals surface area contributed by atoms with Gasteiger partial charge in [0, 0.05) is 40.8 Å². The van der Waals surface area contributed by atoms with Crippen LogP contribution in [0.2, 0.25) is 5.02 Å². The van der Waals surface area contributed by atoms with Gasteiger partial charge in [-0.3, -0.25) is 4.79 Å². The molecule has 9 nitrogen and oxygen atoms in total. The number of sulfonamides is 1. The van der Waals surface area contributed by atoms with Gasteiger partial charge in [-0.15, -0.1) is 0 Å². The maximum Gasteiger partial charge on any atom is 0.266 e. The molecule has 0 radical (unpaired) electrons. The lowest BCUT2D eigenvalue weighted by molar-refractivity contribution is -0.0249. The van der Waals surface area contributed by atoms with E-state index in [4.69, 9.17) is 26.8 Å². The molecule has 1 fully saturated rings. The predicted molar refractivity (Wildman–Crippen MR) is 140 cm³/mol. The number of aryl methyl sites for hydroxylation is 1. The number of pyridine rings is 1. The summed E-state index contributed by atoms with van der Waals surface area (Å²) in [4.78, 5) is 18.4. The fourth-order valence-corrected chi connectivity index (χ4v) is 6.49. The normalized spacial score (nSPS) is 16.6. The molecule has 38 heavy (non-hydrogen) atoms. The number of primary amides is 1. The van der Waals surface area contributed by atoms with Crippen LogP contribution in [-0.2, 0) is 14.8 Å². The van der Waals surface area contributed by atoms with Crippen molar-refractivity contribution in [2.75, 3.05) is 26.3 Å². The molecule has 3 heterocycles. The zero-order chi connectivity index (χ0) is 27.0. The van der Waals surface area contributed by atoms with E-state index in [1.54, 1.807) is 42.5 Å². The van der Waals surface area contributed by atoms with Crippen LogP contribution in [0.1, 0.15) is 16.1 Å². The van der Waals surface area contributed by atoms with Crippen molar-refractivity contribution in [3.63, 3.8) is 0 Å². The summed E-state index contributed by atoms with van der Waals surface area (Å²) in [7, 11) is -4.14. The van der Waals surface area contributed by atoms with Crippen molar-refractivity contribution in [1.82, 2.24) is 14.3 Å². The maximum absolute atomic E-state index is 14.1. The molecule has 12 heteroatoms. The van der Waals surface area contributed by atoms with Gasteiger partial charge in [0.05, 0.1) is 6.61 Å². The molecule has 5 rings (SSSR count). The largest absolute Gasteiger partial charge is 0.491 e.